The smallest absolute Gasteiger partial charge is 0.251 e. The van der Waals surface area contributed by atoms with Gasteiger partial charge in [-0.3, -0.25) is 4.79 Å². The van der Waals surface area contributed by atoms with Crippen molar-refractivity contribution in [3.63, 3.8) is 0 Å². The molecule has 1 fully saturated rings. The summed E-state index contributed by atoms with van der Waals surface area (Å²) in [5.74, 6) is 0.641. The Kier molecular flexibility index (Phi) is 7.68. The SMILES string of the molecule is Cc1ccc(-c2cc(Nc3cccc(C(=O)NCCCN4CCCCC4C)c3)ncn2)cc1. The van der Waals surface area contributed by atoms with Crippen LogP contribution in [0.5, 0.6) is 0 Å². The maximum atomic E-state index is 12.7. The first-order chi connectivity index (χ1) is 16.1. The molecule has 0 aliphatic carbocycles. The molecule has 0 bridgehead atoms. The molecule has 1 atom stereocenters. The van der Waals surface area contributed by atoms with Gasteiger partial charge >= 0.3 is 0 Å². The number of carbonyl (C=O) groups excluding carboxylic acids is 1. The van der Waals surface area contributed by atoms with Gasteiger partial charge in [-0.05, 0) is 57.9 Å². The van der Waals surface area contributed by atoms with Crippen molar-refractivity contribution < 1.29 is 4.79 Å². The molecule has 2 aromatic carbocycles. The summed E-state index contributed by atoms with van der Waals surface area (Å²) in [7, 11) is 0. The maximum absolute atomic E-state index is 12.7. The molecule has 1 aliphatic heterocycles. The van der Waals surface area contributed by atoms with Crippen molar-refractivity contribution in [3.8, 4) is 11.3 Å². The molecule has 0 radical (unpaired) electrons. The summed E-state index contributed by atoms with van der Waals surface area (Å²) in [5, 5.41) is 6.36. The third kappa shape index (κ3) is 6.39. The van der Waals surface area contributed by atoms with E-state index in [1.807, 2.05) is 30.3 Å². The Labute approximate surface area is 196 Å². The molecule has 6 nitrogen and oxygen atoms in total. The molecule has 33 heavy (non-hydrogen) atoms. The van der Waals surface area contributed by atoms with Crippen molar-refractivity contribution in [2.75, 3.05) is 25.0 Å². The van der Waals surface area contributed by atoms with E-state index in [2.05, 4.69) is 63.6 Å². The van der Waals surface area contributed by atoms with Gasteiger partial charge in [0.25, 0.3) is 5.91 Å². The van der Waals surface area contributed by atoms with Crippen LogP contribution in [0, 0.1) is 6.92 Å². The first-order valence-corrected chi connectivity index (χ1v) is 11.9. The van der Waals surface area contributed by atoms with Crippen LogP contribution < -0.4 is 10.6 Å². The normalized spacial score (nSPS) is 16.4. The predicted octanol–water partition coefficient (Wildman–Crippen LogP) is 5.19. The van der Waals surface area contributed by atoms with Gasteiger partial charge in [0.1, 0.15) is 12.1 Å². The molecular formula is C27H33N5O. The summed E-state index contributed by atoms with van der Waals surface area (Å²) in [5.41, 5.74) is 4.56. The predicted molar refractivity (Wildman–Crippen MR) is 134 cm³/mol. The van der Waals surface area contributed by atoms with E-state index in [0.717, 1.165) is 29.9 Å². The van der Waals surface area contributed by atoms with Gasteiger partial charge in [-0.25, -0.2) is 9.97 Å². The molecule has 2 heterocycles. The molecule has 2 N–H and O–H groups in total. The number of aryl methyl sites for hydroxylation is 1. The van der Waals surface area contributed by atoms with Crippen LogP contribution in [0.2, 0.25) is 0 Å². The standard InChI is InChI=1S/C27H33N5O/c1-20-10-12-22(13-11-20)25-18-26(30-19-29-25)31-24-9-5-8-23(17-24)27(33)28-14-6-16-32-15-4-3-7-21(32)2/h5,8-13,17-19,21H,3-4,6-7,14-16H2,1-2H3,(H,28,33)(H,29,30,31). The van der Waals surface area contributed by atoms with E-state index < -0.39 is 0 Å². The third-order valence-corrected chi connectivity index (χ3v) is 6.26. The monoisotopic (exact) mass is 443 g/mol. The van der Waals surface area contributed by atoms with Gasteiger partial charge < -0.3 is 15.5 Å². The van der Waals surface area contributed by atoms with Gasteiger partial charge in [0.15, 0.2) is 0 Å². The van der Waals surface area contributed by atoms with Gasteiger partial charge in [0.2, 0.25) is 0 Å². The summed E-state index contributed by atoms with van der Waals surface area (Å²) in [6, 6.07) is 18.3. The number of hydrogen-bond acceptors (Lipinski definition) is 5. The van der Waals surface area contributed by atoms with Crippen molar-refractivity contribution in [2.45, 2.75) is 45.6 Å². The fraction of sp³-hybridized carbons (Fsp3) is 0.370. The van der Waals surface area contributed by atoms with E-state index in [1.54, 1.807) is 6.33 Å². The second-order valence-corrected chi connectivity index (χ2v) is 8.85. The summed E-state index contributed by atoms with van der Waals surface area (Å²) >= 11 is 0. The highest BCUT2D eigenvalue weighted by Crippen LogP contribution is 2.22. The molecule has 0 saturated carbocycles. The van der Waals surface area contributed by atoms with Crippen LogP contribution in [-0.4, -0.2) is 46.5 Å². The summed E-state index contributed by atoms with van der Waals surface area (Å²) in [4.78, 5) is 23.9. The Balaban J connectivity index is 1.32. The second-order valence-electron chi connectivity index (χ2n) is 8.85. The lowest BCUT2D eigenvalue weighted by Gasteiger charge is -2.33. The Morgan fingerprint density at radius 1 is 1.09 bits per heavy atom. The van der Waals surface area contributed by atoms with Crippen molar-refractivity contribution in [1.82, 2.24) is 20.2 Å². The summed E-state index contributed by atoms with van der Waals surface area (Å²) in [6.45, 7) is 7.27. The van der Waals surface area contributed by atoms with Crippen LogP contribution in [0.4, 0.5) is 11.5 Å². The quantitative estimate of drug-likeness (QED) is 0.469. The number of rotatable bonds is 8. The average Bonchev–Trinajstić information content (AvgIpc) is 2.83. The maximum Gasteiger partial charge on any atom is 0.251 e. The Bertz CT molecular complexity index is 1070. The molecular weight excluding hydrogens is 410 g/mol. The second kappa shape index (κ2) is 11.1. The lowest BCUT2D eigenvalue weighted by atomic mass is 10.0. The molecule has 4 rings (SSSR count). The fourth-order valence-corrected chi connectivity index (χ4v) is 4.27. The van der Waals surface area contributed by atoms with Gasteiger partial charge in [-0.1, -0.05) is 42.3 Å². The minimum atomic E-state index is -0.0478. The third-order valence-electron chi connectivity index (χ3n) is 6.26. The number of hydrogen-bond donors (Lipinski definition) is 2. The first kappa shape index (κ1) is 22.9. The molecule has 1 unspecified atom stereocenters. The van der Waals surface area contributed by atoms with Gasteiger partial charge in [-0.15, -0.1) is 0 Å². The van der Waals surface area contributed by atoms with E-state index in [4.69, 9.17) is 0 Å². The van der Waals surface area contributed by atoms with E-state index in [9.17, 15) is 4.79 Å². The van der Waals surface area contributed by atoms with Crippen LogP contribution in [0.1, 0.15) is 48.5 Å². The number of likely N-dealkylation sites (tertiary alicyclic amines) is 1. The minimum absolute atomic E-state index is 0.0478. The van der Waals surface area contributed by atoms with Gasteiger partial charge in [0.05, 0.1) is 5.69 Å². The van der Waals surface area contributed by atoms with E-state index in [-0.39, 0.29) is 5.91 Å². The number of nitrogens with zero attached hydrogens (tertiary/aromatic N) is 3. The van der Waals surface area contributed by atoms with Gasteiger partial charge in [0, 0.05) is 42.0 Å². The van der Waals surface area contributed by atoms with Crippen LogP contribution in [0.25, 0.3) is 11.3 Å². The topological polar surface area (TPSA) is 70.2 Å². The molecule has 1 aliphatic rings. The Morgan fingerprint density at radius 2 is 1.94 bits per heavy atom. The largest absolute Gasteiger partial charge is 0.352 e. The highest BCUT2D eigenvalue weighted by atomic mass is 16.1. The molecule has 1 saturated heterocycles. The number of nitrogens with one attached hydrogen (secondary N) is 2. The Hall–Kier alpha value is -3.25. The van der Waals surface area contributed by atoms with Crippen molar-refractivity contribution in [2.24, 2.45) is 0 Å². The molecule has 6 heteroatoms. The van der Waals surface area contributed by atoms with Crippen LogP contribution >= 0.6 is 0 Å². The van der Waals surface area contributed by atoms with Crippen LogP contribution in [-0.2, 0) is 0 Å². The van der Waals surface area contributed by atoms with Crippen molar-refractivity contribution in [3.05, 3.63) is 72.1 Å². The average molecular weight is 444 g/mol. The molecule has 172 valence electrons. The van der Waals surface area contributed by atoms with E-state index >= 15 is 0 Å². The summed E-state index contributed by atoms with van der Waals surface area (Å²) < 4.78 is 0. The zero-order valence-corrected chi connectivity index (χ0v) is 19.6. The zero-order valence-electron chi connectivity index (χ0n) is 19.6. The first-order valence-electron chi connectivity index (χ1n) is 11.9. The molecule has 0 spiro atoms. The lowest BCUT2D eigenvalue weighted by molar-refractivity contribution is 0.0949. The summed E-state index contributed by atoms with van der Waals surface area (Å²) in [6.07, 6.45) is 6.43. The fourth-order valence-electron chi connectivity index (χ4n) is 4.27. The number of carbonyl (C=O) groups is 1. The van der Waals surface area contributed by atoms with Crippen molar-refractivity contribution >= 4 is 17.4 Å². The minimum Gasteiger partial charge on any atom is -0.352 e. The Morgan fingerprint density at radius 3 is 2.76 bits per heavy atom. The van der Waals surface area contributed by atoms with E-state index in [1.165, 1.54) is 31.4 Å². The number of aromatic nitrogens is 2. The van der Waals surface area contributed by atoms with Crippen LogP contribution in [0.3, 0.4) is 0 Å². The van der Waals surface area contributed by atoms with Gasteiger partial charge in [-0.2, -0.15) is 0 Å². The van der Waals surface area contributed by atoms with Crippen molar-refractivity contribution in [1.29, 1.82) is 0 Å². The molecule has 1 amide bonds. The number of amides is 1. The molecule has 3 aromatic rings. The number of piperidine rings is 1. The molecule has 1 aromatic heterocycles. The number of anilines is 2. The van der Waals surface area contributed by atoms with E-state index in [0.29, 0.717) is 24.0 Å². The highest BCUT2D eigenvalue weighted by Gasteiger charge is 2.17. The number of benzene rings is 2. The zero-order chi connectivity index (χ0) is 23.0. The lowest BCUT2D eigenvalue weighted by Crippen LogP contribution is -2.39. The highest BCUT2D eigenvalue weighted by molar-refractivity contribution is 5.95. The van der Waals surface area contributed by atoms with Crippen LogP contribution in [0.15, 0.2) is 60.9 Å².